The van der Waals surface area contributed by atoms with Crippen LogP contribution >= 0.6 is 11.3 Å². The first-order chi connectivity index (χ1) is 8.56. The Hall–Kier alpha value is -2.21. The molecule has 0 saturated carbocycles. The molecular weight excluding hydrogens is 252 g/mol. The van der Waals surface area contributed by atoms with Gasteiger partial charge in [0.1, 0.15) is 4.88 Å². The molecule has 2 rings (SSSR count). The normalized spacial score (nSPS) is 10.1. The molecule has 1 amide bonds. The van der Waals surface area contributed by atoms with Crippen molar-refractivity contribution in [2.45, 2.75) is 6.92 Å². The number of thiazole rings is 1. The quantitative estimate of drug-likeness (QED) is 0.890. The molecule has 92 valence electrons. The third-order valence-corrected chi connectivity index (χ3v) is 3.12. The zero-order valence-electron chi connectivity index (χ0n) is 9.51. The molecule has 18 heavy (non-hydrogen) atoms. The Morgan fingerprint density at radius 2 is 2.17 bits per heavy atom. The van der Waals surface area contributed by atoms with Gasteiger partial charge in [-0.2, -0.15) is 0 Å². The summed E-state index contributed by atoms with van der Waals surface area (Å²) in [6.07, 6.45) is 1.50. The maximum Gasteiger partial charge on any atom is 0.335 e. The van der Waals surface area contributed by atoms with Crippen LogP contribution in [0.1, 0.15) is 25.0 Å². The Kier molecular flexibility index (Phi) is 3.38. The lowest BCUT2D eigenvalue weighted by Crippen LogP contribution is -2.10. The lowest BCUT2D eigenvalue weighted by molar-refractivity contribution is 0.0696. The number of nitrogens with one attached hydrogen (secondary N) is 1. The maximum absolute atomic E-state index is 11.8. The summed E-state index contributed by atoms with van der Waals surface area (Å²) in [5, 5.41) is 12.3. The predicted octanol–water partition coefficient (Wildman–Crippen LogP) is 2.40. The molecule has 0 saturated heterocycles. The molecule has 0 bridgehead atoms. The van der Waals surface area contributed by atoms with E-state index >= 15 is 0 Å². The lowest BCUT2D eigenvalue weighted by Gasteiger charge is -2.03. The van der Waals surface area contributed by atoms with E-state index in [0.717, 1.165) is 5.01 Å². The van der Waals surface area contributed by atoms with Gasteiger partial charge in [0.15, 0.2) is 0 Å². The third kappa shape index (κ3) is 2.72. The van der Waals surface area contributed by atoms with E-state index in [1.165, 1.54) is 29.7 Å². The molecule has 5 nitrogen and oxygen atoms in total. The number of carbonyl (C=O) groups is 2. The lowest BCUT2D eigenvalue weighted by atomic mass is 10.2. The summed E-state index contributed by atoms with van der Waals surface area (Å²) in [5.41, 5.74) is 0.583. The van der Waals surface area contributed by atoms with Crippen molar-refractivity contribution in [1.82, 2.24) is 4.98 Å². The van der Waals surface area contributed by atoms with Gasteiger partial charge in [0.05, 0.1) is 16.8 Å². The zero-order valence-corrected chi connectivity index (χ0v) is 10.3. The van der Waals surface area contributed by atoms with Gasteiger partial charge in [0.2, 0.25) is 0 Å². The fourth-order valence-electron chi connectivity index (χ4n) is 1.39. The van der Waals surface area contributed by atoms with Crippen LogP contribution in [0.2, 0.25) is 0 Å². The van der Waals surface area contributed by atoms with Crippen molar-refractivity contribution < 1.29 is 14.7 Å². The van der Waals surface area contributed by atoms with Crippen LogP contribution in [0.25, 0.3) is 0 Å². The van der Waals surface area contributed by atoms with Crippen molar-refractivity contribution in [3.8, 4) is 0 Å². The Bertz CT molecular complexity index is 607. The van der Waals surface area contributed by atoms with Gasteiger partial charge in [-0.15, -0.1) is 11.3 Å². The molecule has 0 radical (unpaired) electrons. The van der Waals surface area contributed by atoms with Gasteiger partial charge in [0.25, 0.3) is 5.91 Å². The van der Waals surface area contributed by atoms with Crippen molar-refractivity contribution in [2.75, 3.05) is 5.32 Å². The minimum absolute atomic E-state index is 0.133. The fourth-order valence-corrected chi connectivity index (χ4v) is 2.06. The maximum atomic E-state index is 11.8. The molecule has 0 atom stereocenters. The summed E-state index contributed by atoms with van der Waals surface area (Å²) in [6.45, 7) is 1.81. The number of anilines is 1. The number of carboxylic acids is 1. The number of rotatable bonds is 3. The van der Waals surface area contributed by atoms with Crippen LogP contribution in [0, 0.1) is 6.92 Å². The number of benzene rings is 1. The first-order valence-electron chi connectivity index (χ1n) is 5.13. The van der Waals surface area contributed by atoms with E-state index < -0.39 is 5.97 Å². The largest absolute Gasteiger partial charge is 0.478 e. The first-order valence-corrected chi connectivity index (χ1v) is 5.95. The second-order valence-corrected chi connectivity index (χ2v) is 4.82. The van der Waals surface area contributed by atoms with Gasteiger partial charge in [-0.1, -0.05) is 6.07 Å². The summed E-state index contributed by atoms with van der Waals surface area (Å²) in [4.78, 5) is 27.1. The molecule has 2 aromatic rings. The van der Waals surface area contributed by atoms with Gasteiger partial charge < -0.3 is 10.4 Å². The van der Waals surface area contributed by atoms with Crippen molar-refractivity contribution >= 4 is 28.9 Å². The molecule has 1 heterocycles. The number of aromatic carboxylic acids is 1. The minimum Gasteiger partial charge on any atom is -0.478 e. The van der Waals surface area contributed by atoms with E-state index in [9.17, 15) is 9.59 Å². The average Bonchev–Trinajstić information content (AvgIpc) is 2.76. The Morgan fingerprint density at radius 3 is 2.78 bits per heavy atom. The number of carbonyl (C=O) groups excluding carboxylic acids is 1. The molecule has 0 aliphatic carbocycles. The first kappa shape index (κ1) is 12.3. The summed E-state index contributed by atoms with van der Waals surface area (Å²) in [6, 6.07) is 6.10. The van der Waals surface area contributed by atoms with Crippen LogP contribution in [0.3, 0.4) is 0 Å². The highest BCUT2D eigenvalue weighted by Crippen LogP contribution is 2.16. The average molecular weight is 262 g/mol. The molecule has 0 fully saturated rings. The molecule has 2 N–H and O–H groups in total. The summed E-state index contributed by atoms with van der Waals surface area (Å²) in [7, 11) is 0. The number of aromatic nitrogens is 1. The Morgan fingerprint density at radius 1 is 1.39 bits per heavy atom. The van der Waals surface area contributed by atoms with Gasteiger partial charge in [-0.3, -0.25) is 4.79 Å². The van der Waals surface area contributed by atoms with Crippen LogP contribution < -0.4 is 5.32 Å². The van der Waals surface area contributed by atoms with E-state index in [2.05, 4.69) is 10.3 Å². The number of hydrogen-bond donors (Lipinski definition) is 2. The number of amides is 1. The highest BCUT2D eigenvalue weighted by atomic mass is 32.1. The molecule has 0 aliphatic rings. The smallest absolute Gasteiger partial charge is 0.335 e. The van der Waals surface area contributed by atoms with E-state index in [1.807, 2.05) is 6.92 Å². The number of aryl methyl sites for hydroxylation is 1. The standard InChI is InChI=1S/C12H10N2O3S/c1-7-13-6-10(18-7)11(15)14-9-4-2-3-8(5-9)12(16)17/h2-6H,1H3,(H,14,15)(H,16,17). The molecule has 0 spiro atoms. The summed E-state index contributed by atoms with van der Waals surface area (Å²) < 4.78 is 0. The number of carboxylic acid groups (broad SMARTS) is 1. The van der Waals surface area contributed by atoms with Gasteiger partial charge >= 0.3 is 5.97 Å². The Balaban J connectivity index is 2.16. The summed E-state index contributed by atoms with van der Waals surface area (Å²) in [5.74, 6) is -1.32. The SMILES string of the molecule is Cc1ncc(C(=O)Nc2cccc(C(=O)O)c2)s1. The molecule has 6 heteroatoms. The molecule has 0 unspecified atom stereocenters. The zero-order chi connectivity index (χ0) is 13.1. The predicted molar refractivity (Wildman–Crippen MR) is 68.2 cm³/mol. The second-order valence-electron chi connectivity index (χ2n) is 3.58. The highest BCUT2D eigenvalue weighted by Gasteiger charge is 2.10. The molecule has 1 aromatic carbocycles. The molecule has 1 aromatic heterocycles. The third-order valence-electron chi connectivity index (χ3n) is 2.21. The molecule has 0 aliphatic heterocycles. The van der Waals surface area contributed by atoms with Crippen LogP contribution in [0.5, 0.6) is 0 Å². The van der Waals surface area contributed by atoms with Crippen molar-refractivity contribution in [2.24, 2.45) is 0 Å². The number of nitrogens with zero attached hydrogens (tertiary/aromatic N) is 1. The van der Waals surface area contributed by atoms with E-state index in [1.54, 1.807) is 12.1 Å². The monoisotopic (exact) mass is 262 g/mol. The van der Waals surface area contributed by atoms with Gasteiger partial charge in [-0.25, -0.2) is 9.78 Å². The van der Waals surface area contributed by atoms with Crippen LogP contribution in [0.4, 0.5) is 5.69 Å². The highest BCUT2D eigenvalue weighted by molar-refractivity contribution is 7.13. The van der Waals surface area contributed by atoms with E-state index in [-0.39, 0.29) is 11.5 Å². The summed E-state index contributed by atoms with van der Waals surface area (Å²) >= 11 is 1.29. The van der Waals surface area contributed by atoms with Crippen LogP contribution in [-0.2, 0) is 0 Å². The minimum atomic E-state index is -1.03. The van der Waals surface area contributed by atoms with E-state index in [4.69, 9.17) is 5.11 Å². The second kappa shape index (κ2) is 4.97. The number of hydrogen-bond acceptors (Lipinski definition) is 4. The van der Waals surface area contributed by atoms with Crippen LogP contribution in [0.15, 0.2) is 30.5 Å². The van der Waals surface area contributed by atoms with Crippen molar-refractivity contribution in [3.05, 3.63) is 45.9 Å². The van der Waals surface area contributed by atoms with Crippen molar-refractivity contribution in [1.29, 1.82) is 0 Å². The van der Waals surface area contributed by atoms with Gasteiger partial charge in [-0.05, 0) is 25.1 Å². The topological polar surface area (TPSA) is 79.3 Å². The molecular formula is C12H10N2O3S. The van der Waals surface area contributed by atoms with Gasteiger partial charge in [0, 0.05) is 5.69 Å². The van der Waals surface area contributed by atoms with Crippen molar-refractivity contribution in [3.63, 3.8) is 0 Å². The van der Waals surface area contributed by atoms with E-state index in [0.29, 0.717) is 10.6 Å². The fraction of sp³-hybridized carbons (Fsp3) is 0.0833. The van der Waals surface area contributed by atoms with Crippen LogP contribution in [-0.4, -0.2) is 22.0 Å². The Labute approximate surface area is 107 Å².